The van der Waals surface area contributed by atoms with Gasteiger partial charge in [0.2, 0.25) is 0 Å². The topological polar surface area (TPSA) is 0 Å². The van der Waals surface area contributed by atoms with Gasteiger partial charge in [0.1, 0.15) is 0 Å². The van der Waals surface area contributed by atoms with E-state index in [1.807, 2.05) is 0 Å². The third kappa shape index (κ3) is 16.6. The number of unbranched alkanes of at least 4 members (excludes halogenated alkanes) is 14. The van der Waals surface area contributed by atoms with Gasteiger partial charge in [-0.3, -0.25) is 0 Å². The molecule has 0 aromatic carbocycles. The van der Waals surface area contributed by atoms with E-state index >= 15 is 0 Å². The van der Waals surface area contributed by atoms with Crippen LogP contribution in [0.15, 0.2) is 11.8 Å². The minimum atomic E-state index is -1.16. The Morgan fingerprint density at radius 2 is 0.889 bits per heavy atom. The molecule has 0 atom stereocenters. The Bertz CT molecular complexity index is 291. The second-order valence-corrected chi connectivity index (χ2v) is 13.8. The fraction of sp³-hybridized carbons (Fsp3) is 0.923. The molecule has 0 aliphatic heterocycles. The first-order valence-corrected chi connectivity index (χ1v) is 15.6. The minimum Gasteiger partial charge on any atom is -0.0981 e. The van der Waals surface area contributed by atoms with E-state index < -0.39 is 8.07 Å². The summed E-state index contributed by atoms with van der Waals surface area (Å²) in [5.41, 5.74) is 2.80. The van der Waals surface area contributed by atoms with Crippen molar-refractivity contribution in [2.24, 2.45) is 0 Å². The summed E-state index contributed by atoms with van der Waals surface area (Å²) >= 11 is 0. The van der Waals surface area contributed by atoms with Gasteiger partial charge in [0.25, 0.3) is 0 Å². The van der Waals surface area contributed by atoms with E-state index in [2.05, 4.69) is 39.5 Å². The van der Waals surface area contributed by atoms with Crippen molar-refractivity contribution < 1.29 is 0 Å². The number of hydrogen-bond acceptors (Lipinski definition) is 0. The van der Waals surface area contributed by atoms with Crippen LogP contribution in [-0.2, 0) is 0 Å². The van der Waals surface area contributed by atoms with E-state index in [0.29, 0.717) is 0 Å². The molecule has 0 rings (SSSR count). The lowest BCUT2D eigenvalue weighted by molar-refractivity contribution is 0.615. The predicted octanol–water partition coefficient (Wildman–Crippen LogP) is 10.2. The van der Waals surface area contributed by atoms with E-state index in [4.69, 9.17) is 0 Å². The summed E-state index contributed by atoms with van der Waals surface area (Å²) in [6.45, 7) is 9.45. The van der Waals surface area contributed by atoms with Crippen LogP contribution in [0.3, 0.4) is 0 Å². The van der Waals surface area contributed by atoms with Crippen molar-refractivity contribution in [2.75, 3.05) is 0 Å². The summed E-state index contributed by atoms with van der Waals surface area (Å²) < 4.78 is 0. The molecule has 1 heteroatoms. The number of hydrogen-bond donors (Lipinski definition) is 0. The van der Waals surface area contributed by atoms with Crippen molar-refractivity contribution in [1.29, 1.82) is 0 Å². The molecule has 162 valence electrons. The Balaban J connectivity index is 4.37. The summed E-state index contributed by atoms with van der Waals surface area (Å²) in [5, 5.41) is 0. The van der Waals surface area contributed by atoms with E-state index in [0.717, 1.165) is 0 Å². The molecule has 0 aliphatic carbocycles. The molecule has 0 unspecified atom stereocenters. The molecule has 0 nitrogen and oxygen atoms in total. The zero-order valence-electron chi connectivity index (χ0n) is 19.8. The molecule has 0 fully saturated rings. The van der Waals surface area contributed by atoms with Crippen molar-refractivity contribution in [3.63, 3.8) is 0 Å². The van der Waals surface area contributed by atoms with Crippen molar-refractivity contribution >= 4 is 8.07 Å². The van der Waals surface area contributed by atoms with Gasteiger partial charge in [-0.1, -0.05) is 154 Å². The quantitative estimate of drug-likeness (QED) is 0.134. The molecule has 0 N–H and O–H groups in total. The van der Waals surface area contributed by atoms with Crippen LogP contribution in [0.5, 0.6) is 0 Å². The number of allylic oxidation sites excluding steroid dienone is 1. The highest BCUT2D eigenvalue weighted by molar-refractivity contribution is 6.84. The third-order valence-corrected chi connectivity index (χ3v) is 11.5. The Morgan fingerprint density at radius 1 is 0.481 bits per heavy atom. The van der Waals surface area contributed by atoms with Gasteiger partial charge in [-0.05, 0) is 12.8 Å². The van der Waals surface area contributed by atoms with Crippen LogP contribution in [0.1, 0.15) is 137 Å². The first-order valence-electron chi connectivity index (χ1n) is 12.9. The zero-order chi connectivity index (χ0) is 20.1. The van der Waals surface area contributed by atoms with E-state index in [1.165, 1.54) is 115 Å². The summed E-state index contributed by atoms with van der Waals surface area (Å²) in [6.07, 6.45) is 27.0. The lowest BCUT2D eigenvalue weighted by Crippen LogP contribution is -2.30. The second kappa shape index (κ2) is 20.7. The van der Waals surface area contributed by atoms with Crippen LogP contribution in [0, 0.1) is 0 Å². The molecule has 0 aromatic rings. The van der Waals surface area contributed by atoms with Crippen LogP contribution < -0.4 is 0 Å². The normalized spacial score (nSPS) is 12.3. The average molecular weight is 395 g/mol. The summed E-state index contributed by atoms with van der Waals surface area (Å²) in [6, 6.07) is 4.61. The van der Waals surface area contributed by atoms with Gasteiger partial charge < -0.3 is 0 Å². The lowest BCUT2D eigenvalue weighted by Gasteiger charge is -2.28. The van der Waals surface area contributed by atoms with Crippen molar-refractivity contribution in [3.05, 3.63) is 11.8 Å². The lowest BCUT2D eigenvalue weighted by atomic mass is 10.1. The largest absolute Gasteiger partial charge is 0.0981 e. The molecule has 0 aromatic heterocycles. The van der Waals surface area contributed by atoms with E-state index in [1.54, 1.807) is 12.1 Å². The molecule has 0 radical (unpaired) electrons. The van der Waals surface area contributed by atoms with E-state index in [9.17, 15) is 0 Å². The first kappa shape index (κ1) is 27.0. The minimum absolute atomic E-state index is 1.16. The Labute approximate surface area is 175 Å². The van der Waals surface area contributed by atoms with Gasteiger partial charge in [0.05, 0.1) is 8.07 Å². The van der Waals surface area contributed by atoms with Crippen LogP contribution in [0.4, 0.5) is 0 Å². The highest BCUT2D eigenvalue weighted by Crippen LogP contribution is 2.29. The maximum atomic E-state index is 2.80. The molecular weight excluding hydrogens is 340 g/mol. The molecule has 0 saturated carbocycles. The maximum absolute atomic E-state index is 2.80. The Morgan fingerprint density at radius 3 is 1.33 bits per heavy atom. The molecule has 0 bridgehead atoms. The smallest absolute Gasteiger partial charge is 0.0771 e. The first-order chi connectivity index (χ1) is 13.2. The monoisotopic (exact) mass is 394 g/mol. The maximum Gasteiger partial charge on any atom is 0.0771 e. The SMILES string of the molecule is CCCCCC/C=C/[Si](CC)(CCCCCCCC)CCCCCCCC. The summed E-state index contributed by atoms with van der Waals surface area (Å²) in [4.78, 5) is 0. The molecule has 0 aliphatic rings. The van der Waals surface area contributed by atoms with Gasteiger partial charge >= 0.3 is 0 Å². The highest BCUT2D eigenvalue weighted by Gasteiger charge is 2.26. The molecule has 0 saturated heterocycles. The van der Waals surface area contributed by atoms with Gasteiger partial charge in [-0.25, -0.2) is 0 Å². The fourth-order valence-electron chi connectivity index (χ4n) is 4.30. The average Bonchev–Trinajstić information content (AvgIpc) is 2.69. The van der Waals surface area contributed by atoms with E-state index in [-0.39, 0.29) is 0 Å². The molecular formula is C26H54Si. The highest BCUT2D eigenvalue weighted by atomic mass is 28.3. The Hall–Kier alpha value is -0.0431. The van der Waals surface area contributed by atoms with Crippen molar-refractivity contribution in [3.8, 4) is 0 Å². The predicted molar refractivity (Wildman–Crippen MR) is 131 cm³/mol. The Kier molecular flexibility index (Phi) is 20.7. The van der Waals surface area contributed by atoms with Crippen molar-refractivity contribution in [1.82, 2.24) is 0 Å². The number of rotatable bonds is 21. The summed E-state index contributed by atoms with van der Waals surface area (Å²) in [7, 11) is -1.16. The molecule has 0 spiro atoms. The molecule has 0 amide bonds. The van der Waals surface area contributed by atoms with Crippen LogP contribution in [-0.4, -0.2) is 8.07 Å². The van der Waals surface area contributed by atoms with Crippen LogP contribution >= 0.6 is 0 Å². The zero-order valence-corrected chi connectivity index (χ0v) is 20.8. The second-order valence-electron chi connectivity index (χ2n) is 9.00. The van der Waals surface area contributed by atoms with Crippen LogP contribution in [0.2, 0.25) is 18.1 Å². The summed E-state index contributed by atoms with van der Waals surface area (Å²) in [5.74, 6) is 0. The standard InChI is InChI=1S/C26H54Si/c1-5-9-12-15-18-21-24-27(8-4,25-22-19-16-13-10-6-2)26-23-20-17-14-11-7-3/h21,24H,5-20,22-23,25-26H2,1-4H3/b24-21+. The van der Waals surface area contributed by atoms with Gasteiger partial charge in [-0.2, -0.15) is 0 Å². The molecule has 0 heterocycles. The van der Waals surface area contributed by atoms with Gasteiger partial charge in [0, 0.05) is 0 Å². The van der Waals surface area contributed by atoms with Gasteiger partial charge in [0.15, 0.2) is 0 Å². The van der Waals surface area contributed by atoms with Crippen molar-refractivity contribution in [2.45, 2.75) is 155 Å². The van der Waals surface area contributed by atoms with Gasteiger partial charge in [-0.15, -0.1) is 0 Å². The fourth-order valence-corrected chi connectivity index (χ4v) is 8.40. The molecule has 27 heavy (non-hydrogen) atoms. The third-order valence-electron chi connectivity index (χ3n) is 6.46. The van der Waals surface area contributed by atoms with Crippen LogP contribution in [0.25, 0.3) is 0 Å².